The van der Waals surface area contributed by atoms with Crippen LogP contribution in [0.5, 0.6) is 0 Å². The van der Waals surface area contributed by atoms with Crippen LogP contribution in [-0.2, 0) is 32.7 Å². The van der Waals surface area contributed by atoms with Crippen LogP contribution in [0.25, 0.3) is 0 Å². The third-order valence-corrected chi connectivity index (χ3v) is 12.5. The number of ether oxygens (including phenoxy) is 2. The number of unbranched alkanes of at least 4 members (excludes halogenated alkanes) is 25. The molecule has 1 aliphatic carbocycles. The maximum absolute atomic E-state index is 12.8. The van der Waals surface area contributed by atoms with E-state index >= 15 is 0 Å². The summed E-state index contributed by atoms with van der Waals surface area (Å²) in [5.41, 5.74) is 0. The molecule has 13 nitrogen and oxygen atoms in total. The van der Waals surface area contributed by atoms with E-state index in [0.29, 0.717) is 19.3 Å². The van der Waals surface area contributed by atoms with E-state index in [9.17, 15) is 44.6 Å². The van der Waals surface area contributed by atoms with E-state index in [1.54, 1.807) is 0 Å². The van der Waals surface area contributed by atoms with Crippen molar-refractivity contribution in [3.05, 3.63) is 24.3 Å². The second kappa shape index (κ2) is 38.6. The molecular formula is C48H89O13P. The normalized spacial score (nSPS) is 22.0. The number of carbonyl (C=O) groups is 2. The Kier molecular flexibility index (Phi) is 36.3. The molecule has 1 rings (SSSR count). The Morgan fingerprint density at radius 3 is 1.32 bits per heavy atom. The number of aliphatic hydroxyl groups is 5. The molecule has 62 heavy (non-hydrogen) atoms. The zero-order valence-electron chi connectivity index (χ0n) is 38.7. The Hall–Kier alpha value is -1.67. The predicted molar refractivity (Wildman–Crippen MR) is 244 cm³/mol. The summed E-state index contributed by atoms with van der Waals surface area (Å²) in [6.45, 7) is 3.26. The fourth-order valence-electron chi connectivity index (χ4n) is 7.54. The SMILES string of the molecule is CCCCCCCCCCCCCCCC/C=C/CC/C=C/CCCC(=O)OC[C@@H](COP(=O)(O)OC1C(O)C(O)C(O)[C@H](O)C1O)OC(=O)CCCCCCCCCCCC. The molecule has 0 amide bonds. The third-order valence-electron chi connectivity index (χ3n) is 11.5. The van der Waals surface area contributed by atoms with Gasteiger partial charge in [0.15, 0.2) is 6.10 Å². The minimum atomic E-state index is -5.12. The van der Waals surface area contributed by atoms with Crippen molar-refractivity contribution in [2.75, 3.05) is 13.2 Å². The maximum atomic E-state index is 12.8. The number of hydrogen-bond donors (Lipinski definition) is 6. The van der Waals surface area contributed by atoms with Crippen molar-refractivity contribution < 1.29 is 63.1 Å². The van der Waals surface area contributed by atoms with Crippen molar-refractivity contribution in [2.45, 2.75) is 256 Å². The summed E-state index contributed by atoms with van der Waals surface area (Å²) in [6.07, 6.45) is 29.8. The molecule has 0 aliphatic heterocycles. The Balaban J connectivity index is 2.37. The molecule has 0 aromatic carbocycles. The summed E-state index contributed by atoms with van der Waals surface area (Å²) in [5.74, 6) is -1.14. The van der Waals surface area contributed by atoms with Gasteiger partial charge in [0.2, 0.25) is 0 Å². The summed E-state index contributed by atoms with van der Waals surface area (Å²) in [5, 5.41) is 50.1. The van der Waals surface area contributed by atoms with E-state index in [4.69, 9.17) is 18.5 Å². The lowest BCUT2D eigenvalue weighted by atomic mass is 9.85. The highest BCUT2D eigenvalue weighted by Gasteiger charge is 2.51. The van der Waals surface area contributed by atoms with Crippen molar-refractivity contribution in [3.63, 3.8) is 0 Å². The number of esters is 2. The number of rotatable bonds is 41. The van der Waals surface area contributed by atoms with E-state index in [1.807, 2.05) is 6.08 Å². The standard InChI is InChI=1S/C48H89O13P/c1-3-5-7-9-11-13-15-16-17-18-19-20-21-22-23-24-25-26-27-29-30-32-34-36-41(49)58-38-40(60-42(50)37-35-33-31-28-14-12-10-8-6-4-2)39-59-62(56,57)61-48-46(54)44(52)43(51)45(53)47(48)55/h24-25,29-30,40,43-48,51-55H,3-23,26-28,31-39H2,1-2H3,(H,56,57)/b25-24+,30-29+/t40-,43?,44-,45?,46?,47?,48?/m0/s1. The minimum absolute atomic E-state index is 0.0917. The molecule has 6 N–H and O–H groups in total. The van der Waals surface area contributed by atoms with Crippen molar-refractivity contribution in [3.8, 4) is 0 Å². The van der Waals surface area contributed by atoms with Crippen LogP contribution in [0.1, 0.15) is 213 Å². The second-order valence-corrected chi connectivity index (χ2v) is 18.7. The average molecular weight is 905 g/mol. The number of allylic oxidation sites excluding steroid dienone is 4. The van der Waals surface area contributed by atoms with E-state index in [-0.39, 0.29) is 12.8 Å². The van der Waals surface area contributed by atoms with E-state index < -0.39 is 75.7 Å². The fraction of sp³-hybridized carbons (Fsp3) is 0.875. The first-order chi connectivity index (χ1) is 29.9. The largest absolute Gasteiger partial charge is 0.472 e. The van der Waals surface area contributed by atoms with Crippen LogP contribution in [0, 0.1) is 0 Å². The second-order valence-electron chi connectivity index (χ2n) is 17.3. The van der Waals surface area contributed by atoms with Gasteiger partial charge in [0.25, 0.3) is 0 Å². The van der Waals surface area contributed by atoms with Gasteiger partial charge >= 0.3 is 19.8 Å². The summed E-state index contributed by atoms with van der Waals surface area (Å²) in [4.78, 5) is 35.6. The van der Waals surface area contributed by atoms with Gasteiger partial charge in [-0.05, 0) is 44.9 Å². The van der Waals surface area contributed by atoms with Crippen LogP contribution in [-0.4, -0.2) is 98.3 Å². The molecule has 0 aromatic rings. The van der Waals surface area contributed by atoms with E-state index in [1.165, 1.54) is 122 Å². The maximum Gasteiger partial charge on any atom is 0.472 e. The molecule has 0 bridgehead atoms. The number of phosphoric ester groups is 1. The molecule has 0 aromatic heterocycles. The molecule has 14 heteroatoms. The summed E-state index contributed by atoms with van der Waals surface area (Å²) in [6, 6.07) is 0. The number of hydrogen-bond acceptors (Lipinski definition) is 12. The van der Waals surface area contributed by atoms with Crippen molar-refractivity contribution in [1.29, 1.82) is 0 Å². The van der Waals surface area contributed by atoms with Crippen LogP contribution in [0.15, 0.2) is 24.3 Å². The average Bonchev–Trinajstić information content (AvgIpc) is 3.25. The zero-order chi connectivity index (χ0) is 45.7. The number of carbonyl (C=O) groups excluding carboxylic acids is 2. The molecule has 6 unspecified atom stereocenters. The van der Waals surface area contributed by atoms with Gasteiger partial charge in [-0.1, -0.05) is 179 Å². The van der Waals surface area contributed by atoms with E-state index in [2.05, 4.69) is 32.1 Å². The van der Waals surface area contributed by atoms with Gasteiger partial charge in [-0.25, -0.2) is 4.57 Å². The van der Waals surface area contributed by atoms with Gasteiger partial charge in [-0.15, -0.1) is 0 Å². The molecule has 364 valence electrons. The third kappa shape index (κ3) is 30.5. The van der Waals surface area contributed by atoms with Gasteiger partial charge in [-0.2, -0.15) is 0 Å². The Morgan fingerprint density at radius 1 is 0.484 bits per heavy atom. The number of phosphoric acid groups is 1. The molecule has 0 heterocycles. The van der Waals surface area contributed by atoms with Crippen molar-refractivity contribution in [1.82, 2.24) is 0 Å². The van der Waals surface area contributed by atoms with Crippen molar-refractivity contribution in [2.24, 2.45) is 0 Å². The monoisotopic (exact) mass is 905 g/mol. The Morgan fingerprint density at radius 2 is 0.855 bits per heavy atom. The molecule has 0 radical (unpaired) electrons. The first kappa shape index (κ1) is 58.3. The first-order valence-electron chi connectivity index (χ1n) is 24.6. The Labute approximate surface area is 375 Å². The van der Waals surface area contributed by atoms with Gasteiger partial charge in [0.05, 0.1) is 6.61 Å². The first-order valence-corrected chi connectivity index (χ1v) is 26.1. The lowest BCUT2D eigenvalue weighted by Gasteiger charge is -2.41. The van der Waals surface area contributed by atoms with Gasteiger partial charge in [0.1, 0.15) is 43.2 Å². The summed E-state index contributed by atoms with van der Waals surface area (Å²) in [7, 11) is -5.12. The number of aliphatic hydroxyl groups excluding tert-OH is 5. The van der Waals surface area contributed by atoms with E-state index in [0.717, 1.165) is 44.9 Å². The summed E-state index contributed by atoms with van der Waals surface area (Å²) >= 11 is 0. The fourth-order valence-corrected chi connectivity index (χ4v) is 8.52. The summed E-state index contributed by atoms with van der Waals surface area (Å²) < 4.78 is 33.4. The van der Waals surface area contributed by atoms with Gasteiger partial charge in [0, 0.05) is 12.8 Å². The molecule has 1 aliphatic rings. The molecule has 0 saturated heterocycles. The smallest absolute Gasteiger partial charge is 0.462 e. The molecule has 1 fully saturated rings. The van der Waals surface area contributed by atoms with Crippen LogP contribution >= 0.6 is 7.82 Å². The predicted octanol–water partition coefficient (Wildman–Crippen LogP) is 10.0. The minimum Gasteiger partial charge on any atom is -0.462 e. The molecule has 1 saturated carbocycles. The highest BCUT2D eigenvalue weighted by atomic mass is 31.2. The lowest BCUT2D eigenvalue weighted by Crippen LogP contribution is -2.64. The van der Waals surface area contributed by atoms with Crippen LogP contribution in [0.2, 0.25) is 0 Å². The van der Waals surface area contributed by atoms with Gasteiger partial charge in [-0.3, -0.25) is 18.6 Å². The highest BCUT2D eigenvalue weighted by Crippen LogP contribution is 2.47. The van der Waals surface area contributed by atoms with Gasteiger partial charge < -0.3 is 39.9 Å². The van der Waals surface area contributed by atoms with Crippen LogP contribution in [0.4, 0.5) is 0 Å². The molecule has 0 spiro atoms. The topological polar surface area (TPSA) is 210 Å². The van der Waals surface area contributed by atoms with Crippen molar-refractivity contribution >= 4 is 19.8 Å². The quantitative estimate of drug-likeness (QED) is 0.0146. The molecule has 8 atom stereocenters. The lowest BCUT2D eigenvalue weighted by molar-refractivity contribution is -0.220. The zero-order valence-corrected chi connectivity index (χ0v) is 39.6. The van der Waals surface area contributed by atoms with Crippen LogP contribution < -0.4 is 0 Å². The van der Waals surface area contributed by atoms with Crippen LogP contribution in [0.3, 0.4) is 0 Å². The Bertz CT molecular complexity index is 1180. The molecular weight excluding hydrogens is 815 g/mol. The highest BCUT2D eigenvalue weighted by molar-refractivity contribution is 7.47.